The summed E-state index contributed by atoms with van der Waals surface area (Å²) in [6.07, 6.45) is 4.94. The van der Waals surface area contributed by atoms with Crippen molar-refractivity contribution in [3.63, 3.8) is 0 Å². The molecule has 0 aliphatic heterocycles. The molecular weight excluding hydrogens is 252 g/mol. The number of aliphatic hydroxyl groups is 1. The Morgan fingerprint density at radius 2 is 2.10 bits per heavy atom. The van der Waals surface area contributed by atoms with E-state index in [0.717, 1.165) is 28.1 Å². The first-order valence-electron chi connectivity index (χ1n) is 6.62. The number of imidazole rings is 1. The van der Waals surface area contributed by atoms with Crippen molar-refractivity contribution in [2.45, 2.75) is 12.8 Å². The van der Waals surface area contributed by atoms with Crippen molar-refractivity contribution in [3.05, 3.63) is 42.6 Å². The molecule has 0 amide bonds. The lowest BCUT2D eigenvalue weighted by Crippen LogP contribution is -1.98. The molecule has 5 nitrogen and oxygen atoms in total. The topological polar surface area (TPSA) is 63.8 Å². The quantitative estimate of drug-likeness (QED) is 0.785. The molecule has 20 heavy (non-hydrogen) atoms. The van der Waals surface area contributed by atoms with E-state index in [1.807, 2.05) is 35.9 Å². The molecular formula is C15H16N4O. The Labute approximate surface area is 117 Å². The Hall–Kier alpha value is -2.27. The molecule has 102 valence electrons. The second-order valence-electron chi connectivity index (χ2n) is 4.74. The molecule has 0 saturated heterocycles. The molecule has 3 aromatic rings. The molecule has 0 aliphatic carbocycles. The van der Waals surface area contributed by atoms with Crippen LogP contribution in [-0.2, 0) is 13.5 Å². The van der Waals surface area contributed by atoms with Crippen LogP contribution in [-0.4, -0.2) is 31.2 Å². The molecule has 0 spiro atoms. The maximum Gasteiger partial charge on any atom is 0.129 e. The van der Waals surface area contributed by atoms with Crippen LogP contribution >= 0.6 is 0 Å². The third-order valence-electron chi connectivity index (χ3n) is 3.29. The van der Waals surface area contributed by atoms with E-state index in [0.29, 0.717) is 12.8 Å². The zero-order valence-electron chi connectivity index (χ0n) is 11.3. The van der Waals surface area contributed by atoms with Crippen LogP contribution in [0.4, 0.5) is 0 Å². The van der Waals surface area contributed by atoms with Gasteiger partial charge in [0.1, 0.15) is 5.82 Å². The molecule has 0 aliphatic rings. The number of hydrogen-bond acceptors (Lipinski definition) is 4. The van der Waals surface area contributed by atoms with Gasteiger partial charge in [-0.05, 0) is 24.6 Å². The normalized spacial score (nSPS) is 11.1. The Morgan fingerprint density at radius 3 is 2.95 bits per heavy atom. The van der Waals surface area contributed by atoms with Crippen LogP contribution in [0.5, 0.6) is 0 Å². The first-order chi connectivity index (χ1) is 9.78. The van der Waals surface area contributed by atoms with Gasteiger partial charge in [-0.15, -0.1) is 0 Å². The van der Waals surface area contributed by atoms with Crippen LogP contribution in [0.25, 0.3) is 22.3 Å². The molecule has 0 atom stereocenters. The maximum atomic E-state index is 8.87. The number of aromatic nitrogens is 4. The molecule has 3 rings (SSSR count). The molecule has 0 saturated carbocycles. The van der Waals surface area contributed by atoms with E-state index in [1.54, 1.807) is 12.5 Å². The summed E-state index contributed by atoms with van der Waals surface area (Å²) in [5.74, 6) is 0.762. The van der Waals surface area contributed by atoms with E-state index < -0.39 is 0 Å². The van der Waals surface area contributed by atoms with Gasteiger partial charge in [-0.3, -0.25) is 0 Å². The number of benzene rings is 1. The van der Waals surface area contributed by atoms with Crippen LogP contribution in [0.1, 0.15) is 12.2 Å². The number of fused-ring (bicyclic) bond motifs is 1. The smallest absolute Gasteiger partial charge is 0.129 e. The van der Waals surface area contributed by atoms with Gasteiger partial charge < -0.3 is 9.67 Å². The summed E-state index contributed by atoms with van der Waals surface area (Å²) < 4.78 is 1.99. The summed E-state index contributed by atoms with van der Waals surface area (Å²) in [6.45, 7) is 0.160. The van der Waals surface area contributed by atoms with Gasteiger partial charge >= 0.3 is 0 Å². The zero-order chi connectivity index (χ0) is 13.9. The van der Waals surface area contributed by atoms with Crippen LogP contribution < -0.4 is 0 Å². The van der Waals surface area contributed by atoms with E-state index >= 15 is 0 Å². The molecule has 2 heterocycles. The van der Waals surface area contributed by atoms with Crippen molar-refractivity contribution in [1.82, 2.24) is 19.5 Å². The van der Waals surface area contributed by atoms with E-state index in [2.05, 4.69) is 15.0 Å². The summed E-state index contributed by atoms with van der Waals surface area (Å²) >= 11 is 0. The monoisotopic (exact) mass is 268 g/mol. The second kappa shape index (κ2) is 5.38. The Morgan fingerprint density at radius 1 is 1.20 bits per heavy atom. The summed E-state index contributed by atoms with van der Waals surface area (Å²) in [5.41, 5.74) is 3.98. The number of hydrogen-bond donors (Lipinski definition) is 1. The van der Waals surface area contributed by atoms with E-state index in [9.17, 15) is 0 Å². The Balaban J connectivity index is 1.97. The highest BCUT2D eigenvalue weighted by molar-refractivity contribution is 5.81. The minimum absolute atomic E-state index is 0.160. The minimum atomic E-state index is 0.160. The largest absolute Gasteiger partial charge is 0.396 e. The average molecular weight is 268 g/mol. The molecule has 1 N–H and O–H groups in total. The fourth-order valence-electron chi connectivity index (χ4n) is 2.21. The van der Waals surface area contributed by atoms with E-state index in [4.69, 9.17) is 5.11 Å². The molecule has 0 unspecified atom stereocenters. The third kappa shape index (κ3) is 2.40. The maximum absolute atomic E-state index is 8.87. The Bertz CT molecular complexity index is 736. The van der Waals surface area contributed by atoms with Crippen molar-refractivity contribution in [2.75, 3.05) is 6.61 Å². The fourth-order valence-corrected chi connectivity index (χ4v) is 2.21. The van der Waals surface area contributed by atoms with Crippen LogP contribution in [0.15, 0.2) is 36.8 Å². The SMILES string of the molecule is Cn1cnc2cc(-c3ccnc(CCCO)n3)ccc21. The number of aryl methyl sites for hydroxylation is 2. The van der Waals surface area contributed by atoms with Crippen molar-refractivity contribution in [3.8, 4) is 11.3 Å². The molecule has 1 aromatic carbocycles. The summed E-state index contributed by atoms with van der Waals surface area (Å²) in [5, 5.41) is 8.87. The third-order valence-corrected chi connectivity index (χ3v) is 3.29. The fraction of sp³-hybridized carbons (Fsp3) is 0.267. The summed E-state index contributed by atoms with van der Waals surface area (Å²) in [4.78, 5) is 13.1. The molecule has 0 bridgehead atoms. The number of rotatable bonds is 4. The van der Waals surface area contributed by atoms with Gasteiger partial charge in [0.05, 0.1) is 23.1 Å². The van der Waals surface area contributed by atoms with Gasteiger partial charge in [0.25, 0.3) is 0 Å². The van der Waals surface area contributed by atoms with Gasteiger partial charge in [0, 0.05) is 31.8 Å². The molecule has 5 heteroatoms. The molecule has 0 fully saturated rings. The first kappa shape index (κ1) is 12.7. The van der Waals surface area contributed by atoms with Crippen molar-refractivity contribution in [1.29, 1.82) is 0 Å². The first-order valence-corrected chi connectivity index (χ1v) is 6.62. The van der Waals surface area contributed by atoms with Gasteiger partial charge in [0.2, 0.25) is 0 Å². The van der Waals surface area contributed by atoms with Gasteiger partial charge in [-0.1, -0.05) is 6.07 Å². The van der Waals surface area contributed by atoms with Gasteiger partial charge in [0.15, 0.2) is 0 Å². The summed E-state index contributed by atoms with van der Waals surface area (Å²) in [6, 6.07) is 8.02. The van der Waals surface area contributed by atoms with Gasteiger partial charge in [-0.25, -0.2) is 15.0 Å². The predicted octanol–water partition coefficient (Wildman–Crippen LogP) is 1.96. The minimum Gasteiger partial charge on any atom is -0.396 e. The lowest BCUT2D eigenvalue weighted by atomic mass is 10.1. The predicted molar refractivity (Wildman–Crippen MR) is 77.1 cm³/mol. The molecule has 2 aromatic heterocycles. The Kier molecular flexibility index (Phi) is 3.43. The molecule has 0 radical (unpaired) electrons. The van der Waals surface area contributed by atoms with Crippen molar-refractivity contribution in [2.24, 2.45) is 7.05 Å². The highest BCUT2D eigenvalue weighted by Crippen LogP contribution is 2.22. The van der Waals surface area contributed by atoms with Crippen LogP contribution in [0.2, 0.25) is 0 Å². The lowest BCUT2D eigenvalue weighted by Gasteiger charge is -2.04. The highest BCUT2D eigenvalue weighted by Gasteiger charge is 2.05. The van der Waals surface area contributed by atoms with Crippen LogP contribution in [0, 0.1) is 0 Å². The van der Waals surface area contributed by atoms with Crippen molar-refractivity contribution >= 4 is 11.0 Å². The number of aliphatic hydroxyl groups excluding tert-OH is 1. The van der Waals surface area contributed by atoms with Crippen molar-refractivity contribution < 1.29 is 5.11 Å². The van der Waals surface area contributed by atoms with Gasteiger partial charge in [-0.2, -0.15) is 0 Å². The average Bonchev–Trinajstić information content (AvgIpc) is 2.86. The number of nitrogens with zero attached hydrogens (tertiary/aromatic N) is 4. The van der Waals surface area contributed by atoms with Crippen LogP contribution in [0.3, 0.4) is 0 Å². The van der Waals surface area contributed by atoms with E-state index in [1.165, 1.54) is 0 Å². The highest BCUT2D eigenvalue weighted by atomic mass is 16.2. The summed E-state index contributed by atoms with van der Waals surface area (Å²) in [7, 11) is 1.98. The van der Waals surface area contributed by atoms with E-state index in [-0.39, 0.29) is 6.61 Å². The zero-order valence-corrected chi connectivity index (χ0v) is 11.3. The lowest BCUT2D eigenvalue weighted by molar-refractivity contribution is 0.287. The standard InChI is InChI=1S/C15H16N4O/c1-19-10-17-13-9-11(4-5-14(13)19)12-6-7-16-15(18-12)3-2-8-20/h4-7,9-10,20H,2-3,8H2,1H3. The second-order valence-corrected chi connectivity index (χ2v) is 4.74.